The average Bonchev–Trinajstić information content (AvgIpc) is 3.41. The van der Waals surface area contributed by atoms with Gasteiger partial charge in [0.05, 0.1) is 19.0 Å². The maximum Gasteiger partial charge on any atom is 0.246 e. The summed E-state index contributed by atoms with van der Waals surface area (Å²) < 4.78 is 32.5. The van der Waals surface area contributed by atoms with Gasteiger partial charge in [-0.3, -0.25) is 9.59 Å². The highest BCUT2D eigenvalue weighted by molar-refractivity contribution is 7.99. The van der Waals surface area contributed by atoms with Crippen molar-refractivity contribution in [1.82, 2.24) is 9.80 Å². The van der Waals surface area contributed by atoms with Crippen LogP contribution in [0.5, 0.6) is 0 Å². The van der Waals surface area contributed by atoms with E-state index in [1.54, 1.807) is 21.6 Å². The predicted octanol–water partition coefficient (Wildman–Crippen LogP) is 2.96. The number of carbonyl (C=O) groups excluding carboxylic acids is 2. The smallest absolute Gasteiger partial charge is 0.246 e. The first-order chi connectivity index (χ1) is 13.5. The molecule has 5 nitrogen and oxygen atoms in total. The molecule has 1 aromatic carbocycles. The molecule has 2 amide bonds. The van der Waals surface area contributed by atoms with Gasteiger partial charge >= 0.3 is 0 Å². The number of rotatable bonds is 3. The van der Waals surface area contributed by atoms with E-state index in [1.165, 1.54) is 6.07 Å². The lowest BCUT2D eigenvalue weighted by molar-refractivity contribution is -0.150. The SMILES string of the molecule is O=C([C@H]1CSCN1C(=O)C1CCCC1)N1CCO[C@@H](c2ccc(F)c(F)c2)C1. The fraction of sp³-hybridized carbons (Fsp3) is 0.600. The zero-order chi connectivity index (χ0) is 19.7. The first-order valence-corrected chi connectivity index (χ1v) is 10.9. The van der Waals surface area contributed by atoms with Gasteiger partial charge in [0.2, 0.25) is 11.8 Å². The Morgan fingerprint density at radius 1 is 1.11 bits per heavy atom. The molecular weight excluding hydrogens is 386 g/mol. The summed E-state index contributed by atoms with van der Waals surface area (Å²) in [6.45, 7) is 1.04. The summed E-state index contributed by atoms with van der Waals surface area (Å²) in [6.07, 6.45) is 3.48. The van der Waals surface area contributed by atoms with Crippen molar-refractivity contribution in [3.05, 3.63) is 35.4 Å². The third kappa shape index (κ3) is 3.89. The minimum atomic E-state index is -0.926. The van der Waals surface area contributed by atoms with Gasteiger partial charge in [-0.05, 0) is 30.5 Å². The molecule has 0 unspecified atom stereocenters. The van der Waals surface area contributed by atoms with Crippen LogP contribution in [-0.4, -0.2) is 59.0 Å². The normalized spacial score (nSPS) is 26.1. The van der Waals surface area contributed by atoms with Crippen LogP contribution in [0.1, 0.15) is 37.4 Å². The third-order valence-corrected chi connectivity index (χ3v) is 6.86. The molecule has 2 saturated heterocycles. The van der Waals surface area contributed by atoms with Crippen molar-refractivity contribution < 1.29 is 23.1 Å². The maximum absolute atomic E-state index is 13.6. The predicted molar refractivity (Wildman–Crippen MR) is 102 cm³/mol. The molecule has 3 fully saturated rings. The van der Waals surface area contributed by atoms with E-state index >= 15 is 0 Å². The van der Waals surface area contributed by atoms with Crippen LogP contribution in [-0.2, 0) is 14.3 Å². The van der Waals surface area contributed by atoms with Crippen LogP contribution < -0.4 is 0 Å². The van der Waals surface area contributed by atoms with E-state index in [0.717, 1.165) is 37.8 Å². The van der Waals surface area contributed by atoms with E-state index in [9.17, 15) is 18.4 Å². The maximum atomic E-state index is 13.6. The molecule has 3 aliphatic rings. The number of amides is 2. The highest BCUT2D eigenvalue weighted by Gasteiger charge is 2.41. The topological polar surface area (TPSA) is 49.9 Å². The zero-order valence-corrected chi connectivity index (χ0v) is 16.4. The average molecular weight is 410 g/mol. The Morgan fingerprint density at radius 2 is 1.89 bits per heavy atom. The van der Waals surface area contributed by atoms with Gasteiger partial charge < -0.3 is 14.5 Å². The van der Waals surface area contributed by atoms with Crippen LogP contribution in [0.3, 0.4) is 0 Å². The molecule has 1 aromatic rings. The van der Waals surface area contributed by atoms with Crippen LogP contribution in [0, 0.1) is 17.6 Å². The van der Waals surface area contributed by atoms with Crippen molar-refractivity contribution in [1.29, 1.82) is 0 Å². The van der Waals surface area contributed by atoms with Gasteiger partial charge in [0, 0.05) is 18.2 Å². The zero-order valence-electron chi connectivity index (χ0n) is 15.6. The van der Waals surface area contributed by atoms with Crippen LogP contribution in [0.25, 0.3) is 0 Å². The number of benzene rings is 1. The van der Waals surface area contributed by atoms with E-state index in [2.05, 4.69) is 0 Å². The minimum absolute atomic E-state index is 0.0497. The van der Waals surface area contributed by atoms with Gasteiger partial charge in [0.25, 0.3) is 0 Å². The summed E-state index contributed by atoms with van der Waals surface area (Å²) in [7, 11) is 0. The second-order valence-electron chi connectivity index (χ2n) is 7.62. The Kier molecular flexibility index (Phi) is 5.87. The Morgan fingerprint density at radius 3 is 2.64 bits per heavy atom. The van der Waals surface area contributed by atoms with Crippen molar-refractivity contribution in [2.75, 3.05) is 31.3 Å². The van der Waals surface area contributed by atoms with Crippen molar-refractivity contribution in [3.8, 4) is 0 Å². The van der Waals surface area contributed by atoms with Gasteiger partial charge in [-0.2, -0.15) is 0 Å². The molecule has 0 N–H and O–H groups in total. The lowest BCUT2D eigenvalue weighted by Crippen LogP contribution is -2.53. The fourth-order valence-corrected chi connectivity index (χ4v) is 5.40. The largest absolute Gasteiger partial charge is 0.370 e. The highest BCUT2D eigenvalue weighted by Crippen LogP contribution is 2.32. The number of hydrogen-bond acceptors (Lipinski definition) is 4. The Balaban J connectivity index is 1.44. The lowest BCUT2D eigenvalue weighted by Gasteiger charge is -2.36. The fourth-order valence-electron chi connectivity index (χ4n) is 4.25. The number of carbonyl (C=O) groups is 2. The standard InChI is InChI=1S/C20H24F2N2O3S/c21-15-6-5-14(9-16(15)22)18-10-23(7-8-27-18)20(26)17-11-28-12-24(17)19(25)13-3-1-2-4-13/h5-6,9,13,17-18H,1-4,7-8,10-12H2/t17-,18-/m1/s1. The molecule has 0 radical (unpaired) electrons. The van der Waals surface area contributed by atoms with Crippen molar-refractivity contribution in [3.63, 3.8) is 0 Å². The molecule has 0 aromatic heterocycles. The summed E-state index contributed by atoms with van der Waals surface area (Å²) in [5.74, 6) is -0.596. The Labute approximate surface area is 167 Å². The molecule has 8 heteroatoms. The van der Waals surface area contributed by atoms with Crippen LogP contribution >= 0.6 is 11.8 Å². The molecule has 28 heavy (non-hydrogen) atoms. The number of ether oxygens (including phenoxy) is 1. The van der Waals surface area contributed by atoms with Crippen LogP contribution in [0.4, 0.5) is 8.78 Å². The molecule has 0 spiro atoms. The molecule has 152 valence electrons. The summed E-state index contributed by atoms with van der Waals surface area (Å²) >= 11 is 1.61. The monoisotopic (exact) mass is 410 g/mol. The molecule has 2 aliphatic heterocycles. The van der Waals surface area contributed by atoms with Gasteiger partial charge in [-0.15, -0.1) is 11.8 Å². The Hall–Kier alpha value is -1.67. The van der Waals surface area contributed by atoms with E-state index in [-0.39, 0.29) is 24.3 Å². The van der Waals surface area contributed by atoms with E-state index < -0.39 is 23.8 Å². The molecule has 0 bridgehead atoms. The van der Waals surface area contributed by atoms with Crippen LogP contribution in [0.15, 0.2) is 18.2 Å². The van der Waals surface area contributed by atoms with E-state index in [0.29, 0.717) is 30.3 Å². The van der Waals surface area contributed by atoms with Crippen molar-refractivity contribution in [2.24, 2.45) is 5.92 Å². The summed E-state index contributed by atoms with van der Waals surface area (Å²) in [6, 6.07) is 3.24. The quantitative estimate of drug-likeness (QED) is 0.769. The molecule has 1 aliphatic carbocycles. The van der Waals surface area contributed by atoms with Crippen LogP contribution in [0.2, 0.25) is 0 Å². The van der Waals surface area contributed by atoms with Gasteiger partial charge in [-0.25, -0.2) is 8.78 Å². The Bertz CT molecular complexity index is 757. The summed E-state index contributed by atoms with van der Waals surface area (Å²) in [5, 5.41) is 0. The van der Waals surface area contributed by atoms with Crippen molar-refractivity contribution >= 4 is 23.6 Å². The van der Waals surface area contributed by atoms with Gasteiger partial charge in [-0.1, -0.05) is 18.9 Å². The highest BCUT2D eigenvalue weighted by atomic mass is 32.2. The molecule has 4 rings (SSSR count). The molecule has 2 heterocycles. The number of thioether (sulfide) groups is 1. The summed E-state index contributed by atoms with van der Waals surface area (Å²) in [4.78, 5) is 29.4. The van der Waals surface area contributed by atoms with E-state index in [4.69, 9.17) is 4.74 Å². The number of hydrogen-bond donors (Lipinski definition) is 0. The third-order valence-electron chi connectivity index (χ3n) is 5.85. The first kappa shape index (κ1) is 19.6. The first-order valence-electron chi connectivity index (χ1n) is 9.78. The van der Waals surface area contributed by atoms with E-state index in [1.807, 2.05) is 0 Å². The second kappa shape index (κ2) is 8.37. The minimum Gasteiger partial charge on any atom is -0.370 e. The molecule has 1 saturated carbocycles. The molecule has 2 atom stereocenters. The van der Waals surface area contributed by atoms with Gasteiger partial charge in [0.15, 0.2) is 11.6 Å². The van der Waals surface area contributed by atoms with Gasteiger partial charge in [0.1, 0.15) is 12.1 Å². The lowest BCUT2D eigenvalue weighted by atomic mass is 10.0. The number of morpholine rings is 1. The summed E-state index contributed by atoms with van der Waals surface area (Å²) in [5.41, 5.74) is 0.510. The van der Waals surface area contributed by atoms with Crippen molar-refractivity contribution in [2.45, 2.75) is 37.8 Å². The number of nitrogens with zero attached hydrogens (tertiary/aromatic N) is 2. The number of halogens is 2. The second-order valence-corrected chi connectivity index (χ2v) is 8.62. The molecular formula is C20H24F2N2O3S.